The third-order valence-corrected chi connectivity index (χ3v) is 7.92. The molecule has 3 rings (SSSR count). The Labute approximate surface area is 226 Å². The molecule has 3 aromatic rings. The Morgan fingerprint density at radius 3 is 2.35 bits per heavy atom. The number of benzene rings is 2. The van der Waals surface area contributed by atoms with Gasteiger partial charge >= 0.3 is 5.97 Å². The SMILES string of the molecule is CCOC(=O)C(NC(=O)C(CCc1ccccc1)CSC(C)=O)c1ccc(Cc2ccc(OC)cc2)s1. The Morgan fingerprint density at radius 1 is 0.973 bits per heavy atom. The second-order valence-electron chi connectivity index (χ2n) is 8.55. The number of amides is 1. The van der Waals surface area contributed by atoms with Gasteiger partial charge < -0.3 is 14.8 Å². The first-order chi connectivity index (χ1) is 17.9. The minimum atomic E-state index is -0.899. The van der Waals surface area contributed by atoms with Gasteiger partial charge in [0.05, 0.1) is 13.7 Å². The number of aryl methyl sites for hydroxylation is 1. The number of carbonyl (C=O) groups is 3. The largest absolute Gasteiger partial charge is 0.497 e. The molecule has 196 valence electrons. The topological polar surface area (TPSA) is 81.7 Å². The lowest BCUT2D eigenvalue weighted by Crippen LogP contribution is -2.39. The molecule has 0 bridgehead atoms. The van der Waals surface area contributed by atoms with Crippen molar-refractivity contribution in [2.75, 3.05) is 19.5 Å². The first-order valence-electron chi connectivity index (χ1n) is 12.3. The molecule has 2 atom stereocenters. The summed E-state index contributed by atoms with van der Waals surface area (Å²) < 4.78 is 10.5. The Balaban J connectivity index is 1.74. The van der Waals surface area contributed by atoms with Gasteiger partial charge in [0, 0.05) is 34.8 Å². The lowest BCUT2D eigenvalue weighted by molar-refractivity contribution is -0.148. The quantitative estimate of drug-likeness (QED) is 0.285. The summed E-state index contributed by atoms with van der Waals surface area (Å²) in [5.74, 6) is -0.0192. The van der Waals surface area contributed by atoms with Crippen LogP contribution in [0.5, 0.6) is 5.75 Å². The van der Waals surface area contributed by atoms with Gasteiger partial charge in [0.15, 0.2) is 11.2 Å². The maximum Gasteiger partial charge on any atom is 0.334 e. The van der Waals surface area contributed by atoms with Crippen molar-refractivity contribution >= 4 is 40.1 Å². The summed E-state index contributed by atoms with van der Waals surface area (Å²) in [6, 6.07) is 20.7. The van der Waals surface area contributed by atoms with Gasteiger partial charge in [0.25, 0.3) is 0 Å². The molecule has 0 aliphatic carbocycles. The summed E-state index contributed by atoms with van der Waals surface area (Å²) in [7, 11) is 1.63. The van der Waals surface area contributed by atoms with Crippen molar-refractivity contribution in [1.82, 2.24) is 5.32 Å². The minimum Gasteiger partial charge on any atom is -0.497 e. The summed E-state index contributed by atoms with van der Waals surface area (Å²) in [6.07, 6.45) is 1.97. The van der Waals surface area contributed by atoms with Crippen LogP contribution in [0.25, 0.3) is 0 Å². The molecule has 0 aliphatic rings. The van der Waals surface area contributed by atoms with E-state index >= 15 is 0 Å². The smallest absolute Gasteiger partial charge is 0.334 e. The minimum absolute atomic E-state index is 0.0408. The van der Waals surface area contributed by atoms with E-state index in [4.69, 9.17) is 9.47 Å². The molecule has 0 radical (unpaired) electrons. The molecule has 1 aromatic heterocycles. The van der Waals surface area contributed by atoms with Crippen molar-refractivity contribution in [1.29, 1.82) is 0 Å². The van der Waals surface area contributed by atoms with Crippen LogP contribution >= 0.6 is 23.1 Å². The predicted molar refractivity (Wildman–Crippen MR) is 149 cm³/mol. The molecular formula is C29H33NO5S2. The van der Waals surface area contributed by atoms with E-state index in [-0.39, 0.29) is 17.6 Å². The van der Waals surface area contributed by atoms with Crippen LogP contribution in [0, 0.1) is 5.92 Å². The van der Waals surface area contributed by atoms with Crippen LogP contribution in [-0.4, -0.2) is 36.5 Å². The molecule has 0 aliphatic heterocycles. The van der Waals surface area contributed by atoms with Gasteiger partial charge in [-0.2, -0.15) is 0 Å². The Kier molecular flexibility index (Phi) is 11.2. The molecule has 1 N–H and O–H groups in total. The summed E-state index contributed by atoms with van der Waals surface area (Å²) >= 11 is 2.61. The van der Waals surface area contributed by atoms with Crippen LogP contribution in [0.4, 0.5) is 0 Å². The monoisotopic (exact) mass is 539 g/mol. The number of methoxy groups -OCH3 is 1. The fourth-order valence-corrected chi connectivity index (χ4v) is 5.66. The predicted octanol–water partition coefficient (Wildman–Crippen LogP) is 5.60. The number of carbonyl (C=O) groups excluding carboxylic acids is 3. The zero-order valence-electron chi connectivity index (χ0n) is 21.4. The van der Waals surface area contributed by atoms with E-state index in [0.29, 0.717) is 25.0 Å². The molecule has 0 spiro atoms. The number of hydrogen-bond donors (Lipinski definition) is 1. The molecule has 8 heteroatoms. The van der Waals surface area contributed by atoms with E-state index in [0.717, 1.165) is 38.4 Å². The van der Waals surface area contributed by atoms with Gasteiger partial charge in [-0.3, -0.25) is 9.59 Å². The third kappa shape index (κ3) is 9.05. The molecular weight excluding hydrogens is 506 g/mol. The summed E-state index contributed by atoms with van der Waals surface area (Å²) in [5, 5.41) is 2.89. The fourth-order valence-electron chi connectivity index (χ4n) is 3.81. The Morgan fingerprint density at radius 2 is 1.70 bits per heavy atom. The molecule has 1 amide bonds. The Bertz CT molecular complexity index is 1160. The molecule has 2 aromatic carbocycles. The highest BCUT2D eigenvalue weighted by Gasteiger charge is 2.29. The highest BCUT2D eigenvalue weighted by Crippen LogP contribution is 2.28. The van der Waals surface area contributed by atoms with Crippen LogP contribution < -0.4 is 10.1 Å². The van der Waals surface area contributed by atoms with Crippen molar-refractivity contribution in [3.8, 4) is 5.75 Å². The van der Waals surface area contributed by atoms with Crippen LogP contribution in [0.15, 0.2) is 66.7 Å². The van der Waals surface area contributed by atoms with Gasteiger partial charge in [-0.25, -0.2) is 4.79 Å². The van der Waals surface area contributed by atoms with E-state index in [2.05, 4.69) is 5.32 Å². The second-order valence-corrected chi connectivity index (χ2v) is 10.9. The maximum absolute atomic E-state index is 13.4. The van der Waals surface area contributed by atoms with Crippen molar-refractivity contribution in [2.24, 2.45) is 5.92 Å². The second kappa shape index (κ2) is 14.6. The average molecular weight is 540 g/mol. The van der Waals surface area contributed by atoms with Crippen molar-refractivity contribution < 1.29 is 23.9 Å². The van der Waals surface area contributed by atoms with Gasteiger partial charge in [-0.15, -0.1) is 11.3 Å². The number of rotatable bonds is 13. The first kappa shape index (κ1) is 28.5. The third-order valence-electron chi connectivity index (χ3n) is 5.80. The van der Waals surface area contributed by atoms with Gasteiger partial charge in [0.1, 0.15) is 5.75 Å². The molecule has 2 unspecified atom stereocenters. The Hall–Kier alpha value is -3.10. The van der Waals surface area contributed by atoms with Crippen LogP contribution in [0.2, 0.25) is 0 Å². The zero-order valence-corrected chi connectivity index (χ0v) is 23.0. The van der Waals surface area contributed by atoms with Crippen molar-refractivity contribution in [3.63, 3.8) is 0 Å². The van der Waals surface area contributed by atoms with Gasteiger partial charge in [-0.1, -0.05) is 54.2 Å². The molecule has 0 fully saturated rings. The van der Waals surface area contributed by atoms with Gasteiger partial charge in [-0.05, 0) is 55.2 Å². The van der Waals surface area contributed by atoms with Gasteiger partial charge in [0.2, 0.25) is 5.91 Å². The number of esters is 1. The number of hydrogen-bond acceptors (Lipinski definition) is 7. The number of thiophene rings is 1. The van der Waals surface area contributed by atoms with E-state index in [1.54, 1.807) is 14.0 Å². The number of nitrogens with one attached hydrogen (secondary N) is 1. The number of ether oxygens (including phenoxy) is 2. The lowest BCUT2D eigenvalue weighted by Gasteiger charge is -2.21. The van der Waals surface area contributed by atoms with E-state index < -0.39 is 17.9 Å². The maximum atomic E-state index is 13.4. The molecule has 6 nitrogen and oxygen atoms in total. The standard InChI is InChI=1S/C29H33NO5S2/c1-4-35-29(33)27(26-17-16-25(37-26)18-22-11-14-24(34-3)15-12-22)30-28(32)23(19-36-20(2)31)13-10-21-8-6-5-7-9-21/h5-9,11-12,14-17,23,27H,4,10,13,18-19H2,1-3H3,(H,30,32). The highest BCUT2D eigenvalue weighted by molar-refractivity contribution is 8.13. The first-order valence-corrected chi connectivity index (χ1v) is 14.1. The van der Waals surface area contributed by atoms with Crippen molar-refractivity contribution in [3.05, 3.63) is 87.6 Å². The molecule has 1 heterocycles. The highest BCUT2D eigenvalue weighted by atomic mass is 32.2. The van der Waals surface area contributed by atoms with Crippen LogP contribution in [0.3, 0.4) is 0 Å². The van der Waals surface area contributed by atoms with E-state index in [1.807, 2.05) is 66.7 Å². The lowest BCUT2D eigenvalue weighted by atomic mass is 9.99. The van der Waals surface area contributed by atoms with E-state index in [1.165, 1.54) is 18.3 Å². The van der Waals surface area contributed by atoms with Crippen molar-refractivity contribution in [2.45, 2.75) is 39.2 Å². The normalized spacial score (nSPS) is 12.4. The summed E-state index contributed by atoms with van der Waals surface area (Å²) in [5.41, 5.74) is 2.24. The zero-order chi connectivity index (χ0) is 26.6. The number of thioether (sulfide) groups is 1. The molecule has 37 heavy (non-hydrogen) atoms. The van der Waals surface area contributed by atoms with Crippen LogP contribution in [-0.2, 0) is 32.0 Å². The summed E-state index contributed by atoms with van der Waals surface area (Å²) in [6.45, 7) is 3.45. The molecule has 0 saturated heterocycles. The fraction of sp³-hybridized carbons (Fsp3) is 0.345. The average Bonchev–Trinajstić information content (AvgIpc) is 3.36. The van der Waals surface area contributed by atoms with Crippen LogP contribution in [0.1, 0.15) is 47.2 Å². The molecule has 0 saturated carbocycles. The van der Waals surface area contributed by atoms with E-state index in [9.17, 15) is 14.4 Å². The summed E-state index contributed by atoms with van der Waals surface area (Å²) in [4.78, 5) is 39.7.